The quantitative estimate of drug-likeness (QED) is 0.540. The topological polar surface area (TPSA) is 116 Å². The van der Waals surface area contributed by atoms with Gasteiger partial charge in [0.15, 0.2) is 0 Å². The maximum absolute atomic E-state index is 10.1. The minimum absolute atomic E-state index is 0.131. The van der Waals surface area contributed by atoms with Crippen molar-refractivity contribution in [2.75, 3.05) is 5.73 Å². The SMILES string of the molecule is CC(C)(O)c1cccc(Cn2cc(-c3nc(N)nc4c(Cl)csc34)nn2)n1. The summed E-state index contributed by atoms with van der Waals surface area (Å²) in [5, 5.41) is 20.8. The number of nitrogen functional groups attached to an aromatic ring is 1. The maximum Gasteiger partial charge on any atom is 0.221 e. The molecule has 0 saturated carbocycles. The van der Waals surface area contributed by atoms with Crippen LogP contribution in [0, 0.1) is 0 Å². The Balaban J connectivity index is 1.67. The summed E-state index contributed by atoms with van der Waals surface area (Å²) >= 11 is 7.60. The Hall–Kier alpha value is -2.62. The van der Waals surface area contributed by atoms with Gasteiger partial charge >= 0.3 is 0 Å². The molecule has 0 bridgehead atoms. The molecule has 4 aromatic heterocycles. The minimum atomic E-state index is -1.01. The van der Waals surface area contributed by atoms with E-state index < -0.39 is 5.60 Å². The lowest BCUT2D eigenvalue weighted by Crippen LogP contribution is -2.18. The van der Waals surface area contributed by atoms with Gasteiger partial charge in [-0.3, -0.25) is 4.98 Å². The number of aromatic nitrogens is 6. The van der Waals surface area contributed by atoms with Gasteiger partial charge in [-0.05, 0) is 26.0 Å². The molecule has 0 aliphatic rings. The Morgan fingerprint density at radius 1 is 1.26 bits per heavy atom. The molecule has 0 spiro atoms. The molecule has 0 amide bonds. The molecule has 27 heavy (non-hydrogen) atoms. The molecule has 0 aliphatic carbocycles. The van der Waals surface area contributed by atoms with E-state index in [1.165, 1.54) is 11.3 Å². The second-order valence-corrected chi connectivity index (χ2v) is 7.85. The second kappa shape index (κ2) is 6.52. The summed E-state index contributed by atoms with van der Waals surface area (Å²) in [5.41, 5.74) is 7.94. The molecule has 4 heterocycles. The normalized spacial score (nSPS) is 12.0. The lowest BCUT2D eigenvalue weighted by molar-refractivity contribution is 0.0736. The van der Waals surface area contributed by atoms with E-state index in [0.29, 0.717) is 34.2 Å². The number of pyridine rings is 1. The predicted molar refractivity (Wildman–Crippen MR) is 104 cm³/mol. The molecule has 0 aromatic carbocycles. The number of rotatable bonds is 4. The summed E-state index contributed by atoms with van der Waals surface area (Å²) in [6.45, 7) is 3.80. The van der Waals surface area contributed by atoms with Crippen LogP contribution >= 0.6 is 22.9 Å². The molecule has 4 aromatic rings. The van der Waals surface area contributed by atoms with Crippen molar-refractivity contribution >= 4 is 39.1 Å². The van der Waals surface area contributed by atoms with E-state index in [1.807, 2.05) is 12.1 Å². The van der Waals surface area contributed by atoms with Crippen LogP contribution in [0.3, 0.4) is 0 Å². The monoisotopic (exact) mass is 401 g/mol. The highest BCUT2D eigenvalue weighted by Crippen LogP contribution is 2.34. The van der Waals surface area contributed by atoms with E-state index in [4.69, 9.17) is 17.3 Å². The van der Waals surface area contributed by atoms with Gasteiger partial charge in [-0.15, -0.1) is 16.4 Å². The minimum Gasteiger partial charge on any atom is -0.384 e. The zero-order valence-electron chi connectivity index (χ0n) is 14.6. The molecule has 0 radical (unpaired) electrons. The van der Waals surface area contributed by atoms with Crippen molar-refractivity contribution in [3.8, 4) is 11.4 Å². The molecule has 3 N–H and O–H groups in total. The fourth-order valence-electron chi connectivity index (χ4n) is 2.64. The first kappa shape index (κ1) is 17.8. The number of anilines is 1. The first-order chi connectivity index (χ1) is 12.8. The number of nitrogens with two attached hydrogens (primary N) is 1. The Morgan fingerprint density at radius 3 is 2.85 bits per heavy atom. The van der Waals surface area contributed by atoms with Crippen molar-refractivity contribution in [1.82, 2.24) is 29.9 Å². The molecular formula is C17H16ClN7OS. The van der Waals surface area contributed by atoms with Crippen molar-refractivity contribution in [1.29, 1.82) is 0 Å². The van der Waals surface area contributed by atoms with Gasteiger partial charge in [0.25, 0.3) is 0 Å². The Labute approximate surface area is 163 Å². The van der Waals surface area contributed by atoms with Crippen molar-refractivity contribution in [3.63, 3.8) is 0 Å². The van der Waals surface area contributed by atoms with Crippen molar-refractivity contribution < 1.29 is 5.11 Å². The van der Waals surface area contributed by atoms with Gasteiger partial charge in [-0.1, -0.05) is 22.9 Å². The van der Waals surface area contributed by atoms with Crippen LogP contribution in [0.25, 0.3) is 21.6 Å². The van der Waals surface area contributed by atoms with Gasteiger partial charge in [0.2, 0.25) is 5.95 Å². The fourth-order valence-corrected chi connectivity index (χ4v) is 3.83. The lowest BCUT2D eigenvalue weighted by atomic mass is 10.0. The van der Waals surface area contributed by atoms with E-state index in [2.05, 4.69) is 25.3 Å². The van der Waals surface area contributed by atoms with E-state index in [0.717, 1.165) is 10.4 Å². The van der Waals surface area contributed by atoms with E-state index in [1.54, 1.807) is 36.2 Å². The molecule has 0 unspecified atom stereocenters. The zero-order valence-corrected chi connectivity index (χ0v) is 16.2. The highest BCUT2D eigenvalue weighted by atomic mass is 35.5. The Bertz CT molecular complexity index is 1130. The maximum atomic E-state index is 10.1. The van der Waals surface area contributed by atoms with Crippen LogP contribution < -0.4 is 5.73 Å². The molecule has 0 aliphatic heterocycles. The smallest absolute Gasteiger partial charge is 0.221 e. The lowest BCUT2D eigenvalue weighted by Gasteiger charge is -2.17. The summed E-state index contributed by atoms with van der Waals surface area (Å²) in [6, 6.07) is 5.52. The molecule has 0 atom stereocenters. The number of aliphatic hydroxyl groups is 1. The van der Waals surface area contributed by atoms with Crippen LogP contribution in [0.4, 0.5) is 5.95 Å². The van der Waals surface area contributed by atoms with Gasteiger partial charge < -0.3 is 10.8 Å². The zero-order chi connectivity index (χ0) is 19.2. The molecular weight excluding hydrogens is 386 g/mol. The van der Waals surface area contributed by atoms with Gasteiger partial charge in [0.1, 0.15) is 22.5 Å². The first-order valence-corrected chi connectivity index (χ1v) is 9.36. The second-order valence-electron chi connectivity index (χ2n) is 6.57. The average molecular weight is 402 g/mol. The third-order valence-electron chi connectivity index (χ3n) is 3.93. The van der Waals surface area contributed by atoms with E-state index in [9.17, 15) is 5.11 Å². The third-order valence-corrected chi connectivity index (χ3v) is 5.32. The number of hydrogen-bond donors (Lipinski definition) is 2. The fraction of sp³-hybridized carbons (Fsp3) is 0.235. The molecule has 0 fully saturated rings. The molecule has 8 nitrogen and oxygen atoms in total. The predicted octanol–water partition coefficient (Wildman–Crippen LogP) is 2.86. The van der Waals surface area contributed by atoms with E-state index in [-0.39, 0.29) is 5.95 Å². The summed E-state index contributed by atoms with van der Waals surface area (Å²) < 4.78 is 2.47. The van der Waals surface area contributed by atoms with Gasteiger partial charge in [-0.2, -0.15) is 0 Å². The summed E-state index contributed by atoms with van der Waals surface area (Å²) in [5.74, 6) is 0.131. The van der Waals surface area contributed by atoms with Gasteiger partial charge in [-0.25, -0.2) is 14.6 Å². The summed E-state index contributed by atoms with van der Waals surface area (Å²) in [6.07, 6.45) is 1.77. The van der Waals surface area contributed by atoms with Crippen LogP contribution in [0.1, 0.15) is 25.2 Å². The highest BCUT2D eigenvalue weighted by Gasteiger charge is 2.19. The number of nitrogens with zero attached hydrogens (tertiary/aromatic N) is 6. The number of halogens is 1. The van der Waals surface area contributed by atoms with Crippen molar-refractivity contribution in [2.24, 2.45) is 0 Å². The van der Waals surface area contributed by atoms with Crippen molar-refractivity contribution in [2.45, 2.75) is 26.0 Å². The number of fused-ring (bicyclic) bond motifs is 1. The summed E-state index contributed by atoms with van der Waals surface area (Å²) in [7, 11) is 0. The number of hydrogen-bond acceptors (Lipinski definition) is 8. The van der Waals surface area contributed by atoms with Gasteiger partial charge in [0, 0.05) is 5.38 Å². The molecule has 0 saturated heterocycles. The van der Waals surface area contributed by atoms with Crippen molar-refractivity contribution in [3.05, 3.63) is 46.2 Å². The number of thiophene rings is 1. The van der Waals surface area contributed by atoms with Crippen LogP contribution in [0.2, 0.25) is 5.02 Å². The van der Waals surface area contributed by atoms with Crippen LogP contribution in [0.5, 0.6) is 0 Å². The summed E-state index contributed by atoms with van der Waals surface area (Å²) in [4.78, 5) is 13.0. The van der Waals surface area contributed by atoms with Crippen LogP contribution in [-0.2, 0) is 12.1 Å². The Kier molecular flexibility index (Phi) is 4.29. The molecule has 10 heteroatoms. The van der Waals surface area contributed by atoms with E-state index >= 15 is 0 Å². The highest BCUT2D eigenvalue weighted by molar-refractivity contribution is 7.18. The Morgan fingerprint density at radius 2 is 2.07 bits per heavy atom. The third kappa shape index (κ3) is 3.48. The average Bonchev–Trinajstić information content (AvgIpc) is 3.21. The van der Waals surface area contributed by atoms with Crippen LogP contribution in [0.15, 0.2) is 29.8 Å². The largest absolute Gasteiger partial charge is 0.384 e. The van der Waals surface area contributed by atoms with Gasteiger partial charge in [0.05, 0.1) is 33.9 Å². The first-order valence-electron chi connectivity index (χ1n) is 8.11. The molecule has 4 rings (SSSR count). The standard InChI is InChI=1S/C17H16ClN7OS/c1-17(2,26)12-5-3-4-9(20-12)6-25-7-11(23-24-25)14-15-13(10(18)8-27-15)21-16(19)22-14/h3-5,7-8,26H,6H2,1-2H3,(H2,19,21,22). The molecule has 138 valence electrons. The van der Waals surface area contributed by atoms with Crippen LogP contribution in [-0.4, -0.2) is 35.1 Å².